The van der Waals surface area contributed by atoms with Gasteiger partial charge in [0.25, 0.3) is 0 Å². The highest BCUT2D eigenvalue weighted by atomic mass is 16.5. The van der Waals surface area contributed by atoms with Crippen molar-refractivity contribution in [3.63, 3.8) is 0 Å². The van der Waals surface area contributed by atoms with Gasteiger partial charge in [0, 0.05) is 0 Å². The second kappa shape index (κ2) is 5.39. The first-order valence-electron chi connectivity index (χ1n) is 6.62. The lowest BCUT2D eigenvalue weighted by Gasteiger charge is -2.12. The fourth-order valence-electron chi connectivity index (χ4n) is 2.46. The largest absolute Gasteiger partial charge is 0.497 e. The molecular formula is C17H17NO2. The third kappa shape index (κ3) is 2.40. The number of ether oxygens (including phenoxy) is 1. The van der Waals surface area contributed by atoms with Gasteiger partial charge in [0.2, 0.25) is 0 Å². The van der Waals surface area contributed by atoms with Crippen molar-refractivity contribution in [3.05, 3.63) is 66.1 Å². The maximum absolute atomic E-state index is 6.21. The predicted molar refractivity (Wildman–Crippen MR) is 79.8 cm³/mol. The zero-order valence-electron chi connectivity index (χ0n) is 11.4. The molecule has 1 aromatic heterocycles. The summed E-state index contributed by atoms with van der Waals surface area (Å²) in [6.07, 6.45) is 2.39. The SMILES string of the molecule is COc1ccc2cccc(CC(N)c3ccco3)c2c1. The highest BCUT2D eigenvalue weighted by Crippen LogP contribution is 2.27. The van der Waals surface area contributed by atoms with Crippen molar-refractivity contribution in [2.75, 3.05) is 7.11 Å². The van der Waals surface area contributed by atoms with Crippen LogP contribution in [0.1, 0.15) is 17.4 Å². The first-order chi connectivity index (χ1) is 9.78. The fourth-order valence-corrected chi connectivity index (χ4v) is 2.46. The topological polar surface area (TPSA) is 48.4 Å². The monoisotopic (exact) mass is 267 g/mol. The molecule has 0 saturated carbocycles. The van der Waals surface area contributed by atoms with E-state index in [1.54, 1.807) is 13.4 Å². The Balaban J connectivity index is 1.98. The average Bonchev–Trinajstić information content (AvgIpc) is 3.01. The van der Waals surface area contributed by atoms with Crippen LogP contribution in [0.2, 0.25) is 0 Å². The van der Waals surface area contributed by atoms with E-state index in [2.05, 4.69) is 30.3 Å². The Morgan fingerprint density at radius 2 is 2.05 bits per heavy atom. The van der Waals surface area contributed by atoms with Gasteiger partial charge >= 0.3 is 0 Å². The quantitative estimate of drug-likeness (QED) is 0.784. The van der Waals surface area contributed by atoms with Crippen LogP contribution in [0.15, 0.2) is 59.2 Å². The van der Waals surface area contributed by atoms with Gasteiger partial charge in [-0.05, 0) is 47.0 Å². The Morgan fingerprint density at radius 1 is 1.15 bits per heavy atom. The summed E-state index contributed by atoms with van der Waals surface area (Å²) in [5.41, 5.74) is 7.41. The van der Waals surface area contributed by atoms with Gasteiger partial charge in [0.05, 0.1) is 19.4 Å². The molecule has 0 aliphatic rings. The number of furan rings is 1. The molecule has 3 aromatic rings. The van der Waals surface area contributed by atoms with E-state index < -0.39 is 0 Å². The summed E-state index contributed by atoms with van der Waals surface area (Å²) in [5, 5.41) is 2.36. The predicted octanol–water partition coefficient (Wildman–Crippen LogP) is 3.68. The molecule has 2 N–H and O–H groups in total. The molecule has 102 valence electrons. The van der Waals surface area contributed by atoms with Gasteiger partial charge < -0.3 is 14.9 Å². The summed E-state index contributed by atoms with van der Waals surface area (Å²) in [6, 6.07) is 16.0. The smallest absolute Gasteiger partial charge is 0.120 e. The summed E-state index contributed by atoms with van der Waals surface area (Å²) >= 11 is 0. The molecule has 3 rings (SSSR count). The molecule has 3 nitrogen and oxygen atoms in total. The lowest BCUT2D eigenvalue weighted by Crippen LogP contribution is -2.12. The van der Waals surface area contributed by atoms with Gasteiger partial charge in [-0.1, -0.05) is 24.3 Å². The number of hydrogen-bond donors (Lipinski definition) is 1. The first kappa shape index (κ1) is 12.8. The first-order valence-corrected chi connectivity index (χ1v) is 6.62. The Bertz CT molecular complexity index is 704. The number of benzene rings is 2. The number of fused-ring (bicyclic) bond motifs is 1. The Kier molecular flexibility index (Phi) is 3.44. The van der Waals surface area contributed by atoms with E-state index in [0.717, 1.165) is 17.9 Å². The second-order valence-electron chi connectivity index (χ2n) is 4.83. The summed E-state index contributed by atoms with van der Waals surface area (Å²) in [6.45, 7) is 0. The van der Waals surface area contributed by atoms with Crippen LogP contribution in [0.4, 0.5) is 0 Å². The number of methoxy groups -OCH3 is 1. The minimum Gasteiger partial charge on any atom is -0.497 e. The molecular weight excluding hydrogens is 250 g/mol. The third-order valence-corrected chi connectivity index (χ3v) is 3.53. The molecule has 1 heterocycles. The van der Waals surface area contributed by atoms with Gasteiger partial charge in [-0.3, -0.25) is 0 Å². The van der Waals surface area contributed by atoms with Crippen LogP contribution in [-0.2, 0) is 6.42 Å². The zero-order chi connectivity index (χ0) is 13.9. The minimum absolute atomic E-state index is 0.137. The van der Waals surface area contributed by atoms with Crippen molar-refractivity contribution in [2.24, 2.45) is 5.73 Å². The molecule has 20 heavy (non-hydrogen) atoms. The van der Waals surface area contributed by atoms with Gasteiger partial charge in [-0.2, -0.15) is 0 Å². The van der Waals surface area contributed by atoms with Gasteiger partial charge in [0.15, 0.2) is 0 Å². The Morgan fingerprint density at radius 3 is 2.80 bits per heavy atom. The van der Waals surface area contributed by atoms with Crippen LogP contribution in [0.3, 0.4) is 0 Å². The Labute approximate surface area is 118 Å². The van der Waals surface area contributed by atoms with Gasteiger partial charge in [-0.15, -0.1) is 0 Å². The molecule has 0 amide bonds. The molecule has 0 fully saturated rings. The van der Waals surface area contributed by atoms with Gasteiger partial charge in [-0.25, -0.2) is 0 Å². The summed E-state index contributed by atoms with van der Waals surface area (Å²) in [5.74, 6) is 1.67. The van der Waals surface area contributed by atoms with Crippen LogP contribution in [0.5, 0.6) is 5.75 Å². The molecule has 1 unspecified atom stereocenters. The molecule has 0 radical (unpaired) electrons. The minimum atomic E-state index is -0.137. The molecule has 1 atom stereocenters. The van der Waals surface area contributed by atoms with E-state index in [9.17, 15) is 0 Å². The molecule has 3 heteroatoms. The number of nitrogens with two attached hydrogens (primary N) is 1. The standard InChI is InChI=1S/C17H17NO2/c1-19-14-8-7-12-4-2-5-13(15(12)11-14)10-16(18)17-6-3-9-20-17/h2-9,11,16H,10,18H2,1H3. The highest BCUT2D eigenvalue weighted by Gasteiger charge is 2.12. The van der Waals surface area contributed by atoms with Crippen molar-refractivity contribution in [2.45, 2.75) is 12.5 Å². The van der Waals surface area contributed by atoms with Gasteiger partial charge in [0.1, 0.15) is 11.5 Å². The van der Waals surface area contributed by atoms with Crippen molar-refractivity contribution in [3.8, 4) is 5.75 Å². The Hall–Kier alpha value is -2.26. The van der Waals surface area contributed by atoms with Crippen LogP contribution in [0.25, 0.3) is 10.8 Å². The fraction of sp³-hybridized carbons (Fsp3) is 0.176. The number of hydrogen-bond acceptors (Lipinski definition) is 3. The van der Waals surface area contributed by atoms with E-state index in [4.69, 9.17) is 14.9 Å². The second-order valence-corrected chi connectivity index (χ2v) is 4.83. The van der Waals surface area contributed by atoms with E-state index in [1.807, 2.05) is 18.2 Å². The van der Waals surface area contributed by atoms with Crippen molar-refractivity contribution < 1.29 is 9.15 Å². The van der Waals surface area contributed by atoms with E-state index in [-0.39, 0.29) is 6.04 Å². The summed E-state index contributed by atoms with van der Waals surface area (Å²) in [7, 11) is 1.68. The molecule has 2 aromatic carbocycles. The third-order valence-electron chi connectivity index (χ3n) is 3.53. The molecule has 0 bridgehead atoms. The highest BCUT2D eigenvalue weighted by molar-refractivity contribution is 5.87. The lowest BCUT2D eigenvalue weighted by atomic mass is 9.98. The number of rotatable bonds is 4. The van der Waals surface area contributed by atoms with Crippen molar-refractivity contribution in [1.82, 2.24) is 0 Å². The van der Waals surface area contributed by atoms with Crippen LogP contribution >= 0.6 is 0 Å². The lowest BCUT2D eigenvalue weighted by molar-refractivity contribution is 0.415. The molecule has 0 aliphatic heterocycles. The maximum Gasteiger partial charge on any atom is 0.120 e. The summed E-state index contributed by atoms with van der Waals surface area (Å²) in [4.78, 5) is 0. The molecule has 0 spiro atoms. The van der Waals surface area contributed by atoms with Crippen LogP contribution < -0.4 is 10.5 Å². The molecule has 0 saturated heterocycles. The maximum atomic E-state index is 6.21. The van der Waals surface area contributed by atoms with E-state index >= 15 is 0 Å². The molecule has 0 aliphatic carbocycles. The van der Waals surface area contributed by atoms with Crippen LogP contribution in [-0.4, -0.2) is 7.11 Å². The van der Waals surface area contributed by atoms with E-state index in [1.165, 1.54) is 16.3 Å². The van der Waals surface area contributed by atoms with E-state index in [0.29, 0.717) is 0 Å². The summed E-state index contributed by atoms with van der Waals surface area (Å²) < 4.78 is 10.7. The average molecular weight is 267 g/mol. The zero-order valence-corrected chi connectivity index (χ0v) is 11.4. The van der Waals surface area contributed by atoms with Crippen molar-refractivity contribution >= 4 is 10.8 Å². The normalized spacial score (nSPS) is 12.5. The van der Waals surface area contributed by atoms with Crippen LogP contribution in [0, 0.1) is 0 Å². The van der Waals surface area contributed by atoms with Crippen molar-refractivity contribution in [1.29, 1.82) is 0 Å².